The Morgan fingerprint density at radius 2 is 1.85 bits per heavy atom. The summed E-state index contributed by atoms with van der Waals surface area (Å²) in [6, 6.07) is 15.2. The number of hydrogen-bond acceptors (Lipinski definition) is 11. The molecule has 39 heavy (non-hydrogen) atoms. The zero-order valence-electron chi connectivity index (χ0n) is 20.2. The summed E-state index contributed by atoms with van der Waals surface area (Å²) >= 11 is 3.45. The number of halogens is 1. The van der Waals surface area contributed by atoms with Crippen LogP contribution in [0.2, 0.25) is 0 Å². The van der Waals surface area contributed by atoms with Crippen LogP contribution in [0.4, 0.5) is 17.6 Å². The fourth-order valence-corrected chi connectivity index (χ4v) is 5.09. The molecular formula is C25H23BrN8O5. The third-order valence-corrected chi connectivity index (χ3v) is 7.14. The number of aromatic hydroxyl groups is 1. The van der Waals surface area contributed by atoms with Gasteiger partial charge >= 0.3 is 0 Å². The molecule has 0 bridgehead atoms. The molecule has 1 aliphatic rings. The molecule has 200 valence electrons. The number of aromatic nitrogens is 5. The molecule has 0 unspecified atom stereocenters. The molecule has 5 aromatic rings. The molecule has 0 radical (unpaired) electrons. The summed E-state index contributed by atoms with van der Waals surface area (Å²) in [6.07, 6.45) is -3.82. The standard InChI is InChI=1S/C25H23BrN8O5/c26-13-6-7-15-14(8-13)18(36)23(33(15)9-12-4-2-1-3-5-12)31-32-25-30-17-21(27)28-11-29-22(17)34(25)24-20(38)19(37)16(10-35)39-24/h1-8,11,16,19-20,24,35-38H,9-10H2,(H2,27,28,29)/b32-31+/t16-,19-,20-,24-/m0/s1. The van der Waals surface area contributed by atoms with Gasteiger partial charge in [-0.3, -0.25) is 4.57 Å². The molecule has 0 aliphatic carbocycles. The summed E-state index contributed by atoms with van der Waals surface area (Å²) in [5.41, 5.74) is 8.10. The molecule has 4 heterocycles. The molecule has 4 atom stereocenters. The van der Waals surface area contributed by atoms with E-state index < -0.39 is 31.1 Å². The monoisotopic (exact) mass is 594 g/mol. The van der Waals surface area contributed by atoms with Crippen molar-refractivity contribution in [1.82, 2.24) is 24.1 Å². The van der Waals surface area contributed by atoms with Crippen LogP contribution in [0, 0.1) is 0 Å². The largest absolute Gasteiger partial charge is 0.504 e. The van der Waals surface area contributed by atoms with Crippen LogP contribution >= 0.6 is 15.9 Å². The number of nitrogen functional groups attached to an aromatic ring is 1. The van der Waals surface area contributed by atoms with E-state index in [-0.39, 0.29) is 34.5 Å². The molecule has 0 saturated carbocycles. The molecule has 14 heteroatoms. The van der Waals surface area contributed by atoms with E-state index in [1.54, 1.807) is 6.07 Å². The number of hydrogen-bond donors (Lipinski definition) is 5. The third kappa shape index (κ3) is 4.31. The molecule has 1 aliphatic heterocycles. The van der Waals surface area contributed by atoms with Crippen molar-refractivity contribution in [2.24, 2.45) is 10.2 Å². The number of nitrogens with two attached hydrogens (primary N) is 1. The lowest BCUT2D eigenvalue weighted by Gasteiger charge is -2.17. The van der Waals surface area contributed by atoms with Crippen molar-refractivity contribution in [3.63, 3.8) is 0 Å². The van der Waals surface area contributed by atoms with Crippen molar-refractivity contribution in [3.8, 4) is 5.75 Å². The van der Waals surface area contributed by atoms with E-state index in [2.05, 4.69) is 41.1 Å². The molecule has 1 saturated heterocycles. The Balaban J connectivity index is 1.50. The minimum absolute atomic E-state index is 0.0628. The number of fused-ring (bicyclic) bond motifs is 2. The van der Waals surface area contributed by atoms with Gasteiger partial charge in [-0.25, -0.2) is 15.0 Å². The predicted octanol–water partition coefficient (Wildman–Crippen LogP) is 2.91. The minimum atomic E-state index is -1.43. The van der Waals surface area contributed by atoms with E-state index in [9.17, 15) is 20.4 Å². The Hall–Kier alpha value is -3.95. The second-order valence-corrected chi connectivity index (χ2v) is 9.96. The molecule has 0 spiro atoms. The van der Waals surface area contributed by atoms with Crippen LogP contribution in [0.3, 0.4) is 0 Å². The van der Waals surface area contributed by atoms with Crippen LogP contribution in [0.5, 0.6) is 5.75 Å². The Morgan fingerprint density at radius 1 is 1.05 bits per heavy atom. The van der Waals surface area contributed by atoms with E-state index in [0.717, 1.165) is 15.6 Å². The summed E-state index contributed by atoms with van der Waals surface area (Å²) in [5, 5.41) is 51.1. The van der Waals surface area contributed by atoms with Crippen LogP contribution < -0.4 is 5.73 Å². The molecule has 6 rings (SSSR count). The van der Waals surface area contributed by atoms with E-state index in [1.807, 2.05) is 47.0 Å². The van der Waals surface area contributed by atoms with Gasteiger partial charge in [0.25, 0.3) is 5.95 Å². The molecule has 0 amide bonds. The highest BCUT2D eigenvalue weighted by molar-refractivity contribution is 9.10. The van der Waals surface area contributed by atoms with Gasteiger partial charge in [0.05, 0.1) is 12.1 Å². The maximum atomic E-state index is 11.2. The average molecular weight is 595 g/mol. The Labute approximate surface area is 229 Å². The lowest BCUT2D eigenvalue weighted by atomic mass is 10.1. The van der Waals surface area contributed by atoms with Gasteiger partial charge < -0.3 is 35.5 Å². The zero-order chi connectivity index (χ0) is 27.3. The number of azo groups is 1. The second kappa shape index (κ2) is 9.98. The Morgan fingerprint density at radius 3 is 2.59 bits per heavy atom. The summed E-state index contributed by atoms with van der Waals surface area (Å²) in [5.74, 6) is 0.0867. The highest BCUT2D eigenvalue weighted by Gasteiger charge is 2.45. The van der Waals surface area contributed by atoms with E-state index >= 15 is 0 Å². The first-order chi connectivity index (χ1) is 18.9. The topological polar surface area (TPSA) is 189 Å². The number of imidazole rings is 1. The van der Waals surface area contributed by atoms with Gasteiger partial charge in [-0.05, 0) is 23.8 Å². The second-order valence-electron chi connectivity index (χ2n) is 9.05. The van der Waals surface area contributed by atoms with Crippen LogP contribution in [-0.2, 0) is 11.3 Å². The van der Waals surface area contributed by atoms with Crippen LogP contribution in [0.1, 0.15) is 11.8 Å². The van der Waals surface area contributed by atoms with Gasteiger partial charge in [-0.1, -0.05) is 46.3 Å². The fourth-order valence-electron chi connectivity index (χ4n) is 4.73. The quantitative estimate of drug-likeness (QED) is 0.184. The van der Waals surface area contributed by atoms with Gasteiger partial charge in [-0.15, -0.1) is 10.2 Å². The molecular weight excluding hydrogens is 572 g/mol. The average Bonchev–Trinajstić information content (AvgIpc) is 3.53. The maximum absolute atomic E-state index is 11.2. The SMILES string of the molecule is Nc1ncnc2c1nc(/N=N/c1c(O)c3cc(Br)ccc3n1Cc1ccccc1)n2[C@H]1O[C@@H](CO)[C@H](O)[C@@H]1O. The number of ether oxygens (including phenoxy) is 1. The lowest BCUT2D eigenvalue weighted by Crippen LogP contribution is -2.33. The fraction of sp³-hybridized carbons (Fsp3) is 0.240. The summed E-state index contributed by atoms with van der Waals surface area (Å²) < 4.78 is 9.66. The Kier molecular flexibility index (Phi) is 6.48. The normalized spacial score (nSPS) is 21.5. The zero-order valence-corrected chi connectivity index (χ0v) is 21.8. The van der Waals surface area contributed by atoms with Crippen molar-refractivity contribution in [3.05, 3.63) is 64.9 Å². The first-order valence-electron chi connectivity index (χ1n) is 11.9. The number of aliphatic hydroxyl groups excluding tert-OH is 3. The van der Waals surface area contributed by atoms with Gasteiger partial charge in [0, 0.05) is 16.4 Å². The van der Waals surface area contributed by atoms with E-state index in [0.29, 0.717) is 11.9 Å². The van der Waals surface area contributed by atoms with Crippen molar-refractivity contribution >= 4 is 55.6 Å². The summed E-state index contributed by atoms with van der Waals surface area (Å²) in [6.45, 7) is -0.115. The third-order valence-electron chi connectivity index (χ3n) is 6.65. The van der Waals surface area contributed by atoms with Crippen molar-refractivity contribution < 1.29 is 25.2 Å². The van der Waals surface area contributed by atoms with Crippen LogP contribution in [-0.4, -0.2) is 69.4 Å². The number of nitrogens with zero attached hydrogens (tertiary/aromatic N) is 7. The molecule has 3 aromatic heterocycles. The van der Waals surface area contributed by atoms with Crippen molar-refractivity contribution in [1.29, 1.82) is 0 Å². The molecule has 6 N–H and O–H groups in total. The smallest absolute Gasteiger partial charge is 0.254 e. The van der Waals surface area contributed by atoms with Gasteiger partial charge in [-0.2, -0.15) is 0 Å². The molecule has 13 nitrogen and oxygen atoms in total. The molecule has 2 aromatic carbocycles. The van der Waals surface area contributed by atoms with Crippen LogP contribution in [0.25, 0.3) is 22.1 Å². The van der Waals surface area contributed by atoms with Gasteiger partial charge in [0.2, 0.25) is 0 Å². The van der Waals surface area contributed by atoms with Gasteiger partial charge in [0.1, 0.15) is 24.6 Å². The first kappa shape index (κ1) is 25.3. The first-order valence-corrected chi connectivity index (χ1v) is 12.7. The Bertz CT molecular complexity index is 1710. The molecule has 1 fully saturated rings. The number of aliphatic hydroxyl groups is 3. The highest BCUT2D eigenvalue weighted by atomic mass is 79.9. The number of benzene rings is 2. The van der Waals surface area contributed by atoms with Crippen LogP contribution in [0.15, 0.2) is 69.6 Å². The van der Waals surface area contributed by atoms with E-state index in [4.69, 9.17) is 10.5 Å². The highest BCUT2D eigenvalue weighted by Crippen LogP contribution is 2.42. The van der Waals surface area contributed by atoms with Crippen molar-refractivity contribution in [2.45, 2.75) is 31.1 Å². The van der Waals surface area contributed by atoms with Crippen molar-refractivity contribution in [2.75, 3.05) is 12.3 Å². The van der Waals surface area contributed by atoms with E-state index in [1.165, 1.54) is 10.9 Å². The summed E-state index contributed by atoms with van der Waals surface area (Å²) in [7, 11) is 0. The number of anilines is 1. The minimum Gasteiger partial charge on any atom is -0.504 e. The van der Waals surface area contributed by atoms with Gasteiger partial charge in [0.15, 0.2) is 34.8 Å². The lowest BCUT2D eigenvalue weighted by molar-refractivity contribution is -0.0503. The number of rotatable bonds is 6. The summed E-state index contributed by atoms with van der Waals surface area (Å²) in [4.78, 5) is 12.6. The predicted molar refractivity (Wildman–Crippen MR) is 144 cm³/mol. The maximum Gasteiger partial charge on any atom is 0.254 e.